The van der Waals surface area contributed by atoms with Gasteiger partial charge in [0.1, 0.15) is 0 Å². The second-order valence-corrected chi connectivity index (χ2v) is 8.63. The minimum Gasteiger partial charge on any atom is -0.319 e. The van der Waals surface area contributed by atoms with Crippen LogP contribution in [-0.2, 0) is 0 Å². The van der Waals surface area contributed by atoms with Gasteiger partial charge < -0.3 is 5.32 Å². The van der Waals surface area contributed by atoms with Gasteiger partial charge >= 0.3 is 0 Å². The molecule has 0 aromatic rings. The van der Waals surface area contributed by atoms with Crippen LogP contribution < -0.4 is 5.32 Å². The van der Waals surface area contributed by atoms with E-state index in [2.05, 4.69) is 18.4 Å². The molecule has 0 aromatic heterocycles. The molecule has 0 saturated carbocycles. The van der Waals surface area contributed by atoms with E-state index in [1.54, 1.807) is 0 Å². The zero-order valence-electron chi connectivity index (χ0n) is 6.24. The normalized spacial score (nSPS) is 24.7. The van der Waals surface area contributed by atoms with Gasteiger partial charge in [0, 0.05) is 0 Å². The smallest absolute Gasteiger partial charge is 0.0626 e. The molecule has 1 saturated heterocycles. The maximum atomic E-state index is 3.44. The Kier molecular flexibility index (Phi) is 3.78. The number of hydrogen-bond acceptors (Lipinski definition) is 1. The first-order chi connectivity index (χ1) is 3.71. The molecule has 0 aliphatic carbocycles. The highest BCUT2D eigenvalue weighted by atomic mass is 35.5. The lowest BCUT2D eigenvalue weighted by atomic mass is 10.5. The predicted molar refractivity (Wildman–Crippen MR) is 47.0 cm³/mol. The van der Waals surface area contributed by atoms with Crippen LogP contribution in [0.3, 0.4) is 0 Å². The lowest BCUT2D eigenvalue weighted by molar-refractivity contribution is 0.695. The lowest BCUT2D eigenvalue weighted by Crippen LogP contribution is -2.44. The second kappa shape index (κ2) is 3.59. The van der Waals surface area contributed by atoms with Gasteiger partial charge in [0.15, 0.2) is 0 Å². The molecular formula is C6H16ClNSi. The molecule has 1 fully saturated rings. The Morgan fingerprint density at radius 3 is 2.22 bits per heavy atom. The summed E-state index contributed by atoms with van der Waals surface area (Å²) in [7, 11) is -0.702. The van der Waals surface area contributed by atoms with E-state index in [0.717, 1.165) is 0 Å². The first-order valence-corrected chi connectivity index (χ1v) is 6.83. The van der Waals surface area contributed by atoms with E-state index in [-0.39, 0.29) is 12.4 Å². The van der Waals surface area contributed by atoms with Crippen molar-refractivity contribution in [1.82, 2.24) is 5.32 Å². The van der Waals surface area contributed by atoms with Gasteiger partial charge in [-0.25, -0.2) is 0 Å². The molecule has 1 heterocycles. The van der Waals surface area contributed by atoms with Crippen LogP contribution in [0, 0.1) is 0 Å². The second-order valence-electron chi connectivity index (χ2n) is 3.44. The van der Waals surface area contributed by atoms with E-state index in [0.29, 0.717) is 0 Å². The molecule has 0 bridgehead atoms. The van der Waals surface area contributed by atoms with Crippen LogP contribution in [-0.4, -0.2) is 20.8 Å². The van der Waals surface area contributed by atoms with Crippen LogP contribution in [0.1, 0.15) is 6.42 Å². The standard InChI is InChI=1S/C6H15NSi.ClH/c1-8(2)5-3-4-7-6-8;/h7H,3-6H2,1-2H3;1H. The van der Waals surface area contributed by atoms with Gasteiger partial charge in [-0.3, -0.25) is 0 Å². The SMILES string of the molecule is C[Si]1(C)CCCNC1.Cl. The molecule has 0 aromatic carbocycles. The van der Waals surface area contributed by atoms with Crippen molar-refractivity contribution < 1.29 is 0 Å². The van der Waals surface area contributed by atoms with Crippen LogP contribution in [0.4, 0.5) is 0 Å². The van der Waals surface area contributed by atoms with Gasteiger partial charge in [-0.1, -0.05) is 19.1 Å². The Hall–Kier alpha value is 0.467. The molecule has 0 unspecified atom stereocenters. The van der Waals surface area contributed by atoms with Crippen molar-refractivity contribution in [3.05, 3.63) is 0 Å². The van der Waals surface area contributed by atoms with Crippen molar-refractivity contribution in [1.29, 1.82) is 0 Å². The zero-order valence-corrected chi connectivity index (χ0v) is 8.05. The predicted octanol–water partition coefficient (Wildman–Crippen LogP) is 1.65. The highest BCUT2D eigenvalue weighted by Crippen LogP contribution is 2.13. The highest BCUT2D eigenvalue weighted by Gasteiger charge is 2.22. The third kappa shape index (κ3) is 3.23. The number of nitrogens with one attached hydrogen (secondary N) is 1. The van der Waals surface area contributed by atoms with Crippen LogP contribution in [0.5, 0.6) is 0 Å². The van der Waals surface area contributed by atoms with Crippen molar-refractivity contribution in [3.63, 3.8) is 0 Å². The maximum absolute atomic E-state index is 3.44. The zero-order chi connectivity index (χ0) is 6.04. The average molecular weight is 166 g/mol. The summed E-state index contributed by atoms with van der Waals surface area (Å²) < 4.78 is 0. The van der Waals surface area contributed by atoms with Crippen molar-refractivity contribution in [2.24, 2.45) is 0 Å². The molecular weight excluding hydrogens is 150 g/mol. The minimum atomic E-state index is -0.702. The number of hydrogen-bond donors (Lipinski definition) is 1. The molecule has 0 spiro atoms. The fourth-order valence-corrected chi connectivity index (χ4v) is 3.37. The molecule has 1 nitrogen and oxygen atoms in total. The third-order valence-corrected chi connectivity index (χ3v) is 4.72. The molecule has 1 aliphatic rings. The van der Waals surface area contributed by atoms with Gasteiger partial charge in [0.2, 0.25) is 0 Å². The van der Waals surface area contributed by atoms with E-state index in [1.807, 2.05) is 0 Å². The van der Waals surface area contributed by atoms with E-state index >= 15 is 0 Å². The van der Waals surface area contributed by atoms with Crippen LogP contribution in [0.2, 0.25) is 19.1 Å². The van der Waals surface area contributed by atoms with Crippen molar-refractivity contribution in [3.8, 4) is 0 Å². The van der Waals surface area contributed by atoms with Crippen LogP contribution in [0.15, 0.2) is 0 Å². The molecule has 1 rings (SSSR count). The highest BCUT2D eigenvalue weighted by molar-refractivity contribution is 6.77. The fourth-order valence-electron chi connectivity index (χ4n) is 1.21. The Morgan fingerprint density at radius 2 is 2.00 bits per heavy atom. The third-order valence-electron chi connectivity index (χ3n) is 1.81. The molecule has 0 atom stereocenters. The maximum Gasteiger partial charge on any atom is 0.0626 e. The molecule has 0 amide bonds. The van der Waals surface area contributed by atoms with E-state index < -0.39 is 8.07 Å². The molecule has 1 N–H and O–H groups in total. The Morgan fingerprint density at radius 1 is 1.33 bits per heavy atom. The Bertz CT molecular complexity index is 77.1. The van der Waals surface area contributed by atoms with Gasteiger partial charge in [-0.05, 0) is 19.1 Å². The first-order valence-electron chi connectivity index (χ1n) is 3.41. The van der Waals surface area contributed by atoms with Gasteiger partial charge in [0.25, 0.3) is 0 Å². The molecule has 3 heteroatoms. The summed E-state index contributed by atoms with van der Waals surface area (Å²) in [5, 5.41) is 3.44. The van der Waals surface area contributed by atoms with E-state index in [4.69, 9.17) is 0 Å². The average Bonchev–Trinajstić information content (AvgIpc) is 1.65. The topological polar surface area (TPSA) is 12.0 Å². The molecule has 56 valence electrons. The van der Waals surface area contributed by atoms with E-state index in [9.17, 15) is 0 Å². The lowest BCUT2D eigenvalue weighted by Gasteiger charge is -2.27. The summed E-state index contributed by atoms with van der Waals surface area (Å²) in [6.45, 7) is 6.18. The molecule has 1 aliphatic heterocycles. The summed E-state index contributed by atoms with van der Waals surface area (Å²) in [4.78, 5) is 0. The Labute approximate surface area is 64.6 Å². The van der Waals surface area contributed by atoms with Crippen molar-refractivity contribution in [2.75, 3.05) is 12.7 Å². The summed E-state index contributed by atoms with van der Waals surface area (Å²) >= 11 is 0. The largest absolute Gasteiger partial charge is 0.319 e. The molecule has 0 radical (unpaired) electrons. The van der Waals surface area contributed by atoms with E-state index in [1.165, 1.54) is 25.2 Å². The van der Waals surface area contributed by atoms with Crippen LogP contribution in [0.25, 0.3) is 0 Å². The first kappa shape index (κ1) is 9.47. The quantitative estimate of drug-likeness (QED) is 0.539. The Balaban J connectivity index is 0.000000640. The minimum absolute atomic E-state index is 0. The summed E-state index contributed by atoms with van der Waals surface area (Å²) in [5.41, 5.74) is 0. The number of rotatable bonds is 0. The summed E-state index contributed by atoms with van der Waals surface area (Å²) in [6, 6.07) is 1.53. The number of halogens is 1. The van der Waals surface area contributed by atoms with Crippen molar-refractivity contribution >= 4 is 20.5 Å². The van der Waals surface area contributed by atoms with Gasteiger partial charge in [-0.2, -0.15) is 0 Å². The summed E-state index contributed by atoms with van der Waals surface area (Å²) in [6.07, 6.45) is 2.76. The van der Waals surface area contributed by atoms with Gasteiger partial charge in [0.05, 0.1) is 8.07 Å². The summed E-state index contributed by atoms with van der Waals surface area (Å²) in [5.74, 6) is 0. The fraction of sp³-hybridized carbons (Fsp3) is 1.00. The van der Waals surface area contributed by atoms with Crippen molar-refractivity contribution in [2.45, 2.75) is 25.6 Å². The molecule has 9 heavy (non-hydrogen) atoms. The van der Waals surface area contributed by atoms with Gasteiger partial charge in [-0.15, -0.1) is 12.4 Å². The monoisotopic (exact) mass is 165 g/mol. The van der Waals surface area contributed by atoms with Crippen LogP contribution >= 0.6 is 12.4 Å².